The normalized spacial score (nSPS) is 21.7. The molecule has 0 aliphatic carbocycles. The summed E-state index contributed by atoms with van der Waals surface area (Å²) in [6.07, 6.45) is 2.16. The van der Waals surface area contributed by atoms with E-state index >= 15 is 0 Å². The fourth-order valence-corrected chi connectivity index (χ4v) is 12.7. The Morgan fingerprint density at radius 1 is 0.889 bits per heavy atom. The van der Waals surface area contributed by atoms with Gasteiger partial charge >= 0.3 is 27.7 Å². The maximum atomic E-state index is 14.0. The molecule has 0 saturated carbocycles. The summed E-state index contributed by atoms with van der Waals surface area (Å²) >= 11 is 0. The van der Waals surface area contributed by atoms with Crippen molar-refractivity contribution in [2.24, 2.45) is 0 Å². The molecule has 26 heteroatoms. The zero-order valence-corrected chi connectivity index (χ0v) is 40.2. The minimum absolute atomic E-state index is 0.00571. The van der Waals surface area contributed by atoms with Crippen molar-refractivity contribution in [1.82, 2.24) is 34.7 Å². The number of fused-ring (bicyclic) bond motifs is 5. The Bertz CT molecular complexity index is 3340. The van der Waals surface area contributed by atoms with Crippen LogP contribution in [0.2, 0.25) is 0 Å². The average molecular weight is 1030 g/mol. The highest BCUT2D eigenvalue weighted by Gasteiger charge is 2.49. The van der Waals surface area contributed by atoms with E-state index in [0.717, 1.165) is 117 Å². The molecule has 72 heavy (non-hydrogen) atoms. The number of carboxylic acids is 1. The Morgan fingerprint density at radius 2 is 1.64 bits per heavy atom. The first kappa shape index (κ1) is 48.0. The lowest BCUT2D eigenvalue weighted by atomic mass is 9.81. The number of phosphoric acid groups is 2. The number of alkyl carbamates (subject to hydrolysis) is 1. The van der Waals surface area contributed by atoms with Crippen molar-refractivity contribution in [2.45, 2.75) is 75.9 Å². The molecule has 3 aromatic carbocycles. The third-order valence-electron chi connectivity index (χ3n) is 14.0. The summed E-state index contributed by atoms with van der Waals surface area (Å²) in [5, 5.41) is 29.4. The van der Waals surface area contributed by atoms with Crippen molar-refractivity contribution in [1.29, 1.82) is 0 Å². The monoisotopic (exact) mass is 1030 g/mol. The number of aromatic nitrogens is 4. The first-order chi connectivity index (χ1) is 34.5. The topological polar surface area (TPSA) is 333 Å². The van der Waals surface area contributed by atoms with E-state index in [9.17, 15) is 38.6 Å². The van der Waals surface area contributed by atoms with E-state index in [1.165, 1.54) is 45.2 Å². The van der Waals surface area contributed by atoms with Crippen LogP contribution in [0, 0.1) is 0 Å². The van der Waals surface area contributed by atoms with Gasteiger partial charge in [0.2, 0.25) is 5.36 Å². The molecule has 5 aromatic rings. The molecule has 2 amide bonds. The Labute approximate surface area is 408 Å². The maximum absolute atomic E-state index is 14.0. The number of hydrogen-bond acceptors (Lipinski definition) is 16. The standard InChI is InChI=1S/C46H49N9O15P2/c47-41-34-42(51-21-50-41)55(22-52-34)44-37(56)40(32(67-44)20-66-72(64,65)70-71(61,62)63)69-46(60)49-12-11-48-43(57)25-9-10-26(45(58)59)29(19-25)33-30-17-23-5-1-13-53-15-3-7-27(35(23)53)38(30)68-39-28-8-4-16-54-14-2-6-24(36(28)54)18-31(33)39/h9-10,17-19,21-22,32,37,40,44,56H,1-8,11-16,20H2,(H7-,47,48,49,50,51,57,58,59,60,61,62,63,64,65)/p+1/t32-,37-,40-,44-/m1/s1. The van der Waals surface area contributed by atoms with Crippen LogP contribution in [0.4, 0.5) is 16.3 Å². The van der Waals surface area contributed by atoms with E-state index in [1.54, 1.807) is 6.07 Å². The number of anilines is 2. The second-order valence-electron chi connectivity index (χ2n) is 18.4. The van der Waals surface area contributed by atoms with Crippen LogP contribution in [0.1, 0.15) is 86.0 Å². The zero-order chi connectivity index (χ0) is 50.2. The van der Waals surface area contributed by atoms with Crippen LogP contribution in [-0.2, 0) is 53.1 Å². The number of benzene rings is 3. The van der Waals surface area contributed by atoms with Crippen molar-refractivity contribution < 1.29 is 71.5 Å². The summed E-state index contributed by atoms with van der Waals surface area (Å²) in [5.74, 6) is -0.246. The number of nitrogens with two attached hydrogens (primary N) is 1. The number of aromatic carboxylic acids is 1. The molecule has 5 atom stereocenters. The average Bonchev–Trinajstić information content (AvgIpc) is 3.91. The Balaban J connectivity index is 0.853. The van der Waals surface area contributed by atoms with Gasteiger partial charge in [0.25, 0.3) is 5.91 Å². The molecular weight excluding hydrogens is 981 g/mol. The molecule has 6 aliphatic rings. The van der Waals surface area contributed by atoms with Crippen molar-refractivity contribution in [3.05, 3.63) is 98.1 Å². The third kappa shape index (κ3) is 8.79. The number of carbonyl (C=O) groups is 3. The fraction of sp³-hybridized carbons (Fsp3) is 0.413. The lowest BCUT2D eigenvalue weighted by Crippen LogP contribution is -2.45. The Kier molecular flexibility index (Phi) is 12.4. The Hall–Kier alpha value is -6.33. The number of aryl methyl sites for hydroxylation is 2. The van der Waals surface area contributed by atoms with Gasteiger partial charge in [-0.25, -0.2) is 38.2 Å². The molecule has 8 heterocycles. The molecule has 24 nitrogen and oxygen atoms in total. The number of carbonyl (C=O) groups excluding carboxylic acids is 2. The highest BCUT2D eigenvalue weighted by atomic mass is 31.3. The number of nitrogens with one attached hydrogen (secondary N) is 2. The second kappa shape index (κ2) is 18.6. The number of phosphoric ester groups is 1. The van der Waals surface area contributed by atoms with Gasteiger partial charge in [-0.05, 0) is 80.0 Å². The molecule has 0 spiro atoms. The van der Waals surface area contributed by atoms with Crippen LogP contribution < -0.4 is 41.2 Å². The first-order valence-corrected chi connectivity index (χ1v) is 26.6. The van der Waals surface area contributed by atoms with Crippen molar-refractivity contribution in [3.8, 4) is 11.5 Å². The van der Waals surface area contributed by atoms with Gasteiger partial charge < -0.3 is 60.4 Å². The molecule has 0 radical (unpaired) electrons. The number of rotatable bonds is 13. The van der Waals surface area contributed by atoms with Gasteiger partial charge in [0.05, 0.1) is 24.1 Å². The van der Waals surface area contributed by atoms with E-state index in [-0.39, 0.29) is 41.2 Å². The summed E-state index contributed by atoms with van der Waals surface area (Å²) in [7, 11) is -10.9. The quantitative estimate of drug-likeness (QED) is 0.0462. The summed E-state index contributed by atoms with van der Waals surface area (Å²) in [6, 6.07) is 8.79. The van der Waals surface area contributed by atoms with Crippen LogP contribution in [-0.4, -0.2) is 127 Å². The Morgan fingerprint density at radius 3 is 2.43 bits per heavy atom. The van der Waals surface area contributed by atoms with E-state index < -0.39 is 64.8 Å². The highest BCUT2D eigenvalue weighted by Crippen LogP contribution is 2.58. The fourth-order valence-electron chi connectivity index (χ4n) is 11.1. The number of amides is 2. The van der Waals surface area contributed by atoms with Crippen molar-refractivity contribution in [3.63, 3.8) is 0 Å². The summed E-state index contributed by atoms with van der Waals surface area (Å²) < 4.78 is 54.4. The van der Waals surface area contributed by atoms with Crippen LogP contribution in [0.25, 0.3) is 16.7 Å². The van der Waals surface area contributed by atoms with E-state index in [0.29, 0.717) is 11.1 Å². The minimum Gasteiger partial charge on any atom is -0.478 e. The first-order valence-electron chi connectivity index (χ1n) is 23.6. The summed E-state index contributed by atoms with van der Waals surface area (Å²) in [4.78, 5) is 83.1. The predicted octanol–water partition coefficient (Wildman–Crippen LogP) is 1.55. The predicted molar refractivity (Wildman–Crippen MR) is 253 cm³/mol. The number of imidazole rings is 1. The minimum atomic E-state index is -5.50. The van der Waals surface area contributed by atoms with Crippen LogP contribution >= 0.6 is 15.6 Å². The van der Waals surface area contributed by atoms with Gasteiger partial charge in [-0.3, -0.25) is 13.9 Å². The van der Waals surface area contributed by atoms with Crippen molar-refractivity contribution >= 4 is 61.9 Å². The lowest BCUT2D eigenvalue weighted by Gasteiger charge is -2.39. The number of ether oxygens (including phenoxy) is 3. The second-order valence-corrected chi connectivity index (χ2v) is 21.3. The van der Waals surface area contributed by atoms with Crippen LogP contribution in [0.15, 0.2) is 43.0 Å². The van der Waals surface area contributed by atoms with E-state index in [1.807, 2.05) is 0 Å². The third-order valence-corrected chi connectivity index (χ3v) is 16.1. The van der Waals surface area contributed by atoms with Gasteiger partial charge in [-0.1, -0.05) is 0 Å². The SMILES string of the molecule is Nc1ncnc2c1ncn2[C@@H]1O[C@H](COP(=O)(O)OP(=O)(O)O)[C@@H](OC(=O)NCCNC(=O)c2ccc(C(=O)O)c(C3=c4cc5c6c(c4Oc4c3cc3c7c4CCCN7CCC3)CCC[N+]=6CCC5)c2)[C@H]1O. The van der Waals surface area contributed by atoms with Gasteiger partial charge in [0.1, 0.15) is 48.6 Å². The number of hydrogen-bond donors (Lipinski definition) is 8. The van der Waals surface area contributed by atoms with Gasteiger partial charge in [-0.15, -0.1) is 0 Å². The number of nitrogen functional groups attached to an aromatic ring is 1. The largest absolute Gasteiger partial charge is 0.481 e. The molecule has 0 bridgehead atoms. The highest BCUT2D eigenvalue weighted by molar-refractivity contribution is 7.60. The van der Waals surface area contributed by atoms with Gasteiger partial charge in [-0.2, -0.15) is 4.31 Å². The number of carboxylic acid groups (broad SMARTS) is 1. The smallest absolute Gasteiger partial charge is 0.478 e. The summed E-state index contributed by atoms with van der Waals surface area (Å²) in [6.45, 7) is 2.50. The molecule has 1 saturated heterocycles. The molecule has 2 aromatic heterocycles. The molecule has 378 valence electrons. The molecule has 9 N–H and O–H groups in total. The van der Waals surface area contributed by atoms with Crippen molar-refractivity contribution in [2.75, 3.05) is 56.5 Å². The van der Waals surface area contributed by atoms with Gasteiger partial charge in [0.15, 0.2) is 23.8 Å². The summed E-state index contributed by atoms with van der Waals surface area (Å²) in [5.41, 5.74) is 14.1. The number of aliphatic hydroxyl groups excluding tert-OH is 1. The molecule has 6 aliphatic heterocycles. The molecule has 1 fully saturated rings. The number of aliphatic hydroxyl groups is 1. The van der Waals surface area contributed by atoms with E-state index in [2.05, 4.69) is 51.5 Å². The lowest BCUT2D eigenvalue weighted by molar-refractivity contribution is -0.0508. The maximum Gasteiger partial charge on any atom is 0.481 e. The van der Waals surface area contributed by atoms with Crippen LogP contribution in [0.3, 0.4) is 0 Å². The molecule has 11 rings (SSSR count). The zero-order valence-electron chi connectivity index (χ0n) is 38.4. The van der Waals surface area contributed by atoms with Gasteiger partial charge in [0, 0.05) is 77.8 Å². The number of nitrogens with zero attached hydrogens (tertiary/aromatic N) is 6. The van der Waals surface area contributed by atoms with E-state index in [4.69, 9.17) is 34.3 Å². The molecule has 1 unspecified atom stereocenters. The van der Waals surface area contributed by atoms with Crippen LogP contribution in [0.5, 0.6) is 11.5 Å². The molecular formula is C46H50N9O15P2+.